The Morgan fingerprint density at radius 1 is 1.36 bits per heavy atom. The number of aliphatic imine (C=N–C) groups is 4. The number of nitrogens with two attached hydrogens (primary N) is 1. The topological polar surface area (TPSA) is 95.7 Å². The molecule has 0 aliphatic carbocycles. The van der Waals surface area contributed by atoms with E-state index in [1.807, 2.05) is 0 Å². The average molecular weight is 151 g/mol. The van der Waals surface area contributed by atoms with Gasteiger partial charge in [-0.2, -0.15) is 0 Å². The summed E-state index contributed by atoms with van der Waals surface area (Å²) in [5.74, 6) is -1.43. The SMILES string of the molecule is NC1(O)N=CN=C2N=CN=C21. The Kier molecular flexibility index (Phi) is 1.04. The summed E-state index contributed by atoms with van der Waals surface area (Å²) in [5, 5.41) is 9.33. The van der Waals surface area contributed by atoms with E-state index in [2.05, 4.69) is 20.0 Å². The van der Waals surface area contributed by atoms with E-state index in [1.54, 1.807) is 0 Å². The minimum atomic E-state index is -1.76. The van der Waals surface area contributed by atoms with Crippen molar-refractivity contribution in [3.63, 3.8) is 0 Å². The predicted octanol–water partition coefficient (Wildman–Crippen LogP) is -1.49. The second-order valence-electron chi connectivity index (χ2n) is 2.15. The number of fused-ring (bicyclic) bond motifs is 1. The van der Waals surface area contributed by atoms with Crippen molar-refractivity contribution in [2.75, 3.05) is 0 Å². The van der Waals surface area contributed by atoms with Gasteiger partial charge in [-0.15, -0.1) is 0 Å². The Labute approximate surface area is 61.9 Å². The van der Waals surface area contributed by atoms with E-state index in [1.165, 1.54) is 6.34 Å². The van der Waals surface area contributed by atoms with Gasteiger partial charge in [0.1, 0.15) is 12.7 Å². The molecule has 0 spiro atoms. The summed E-state index contributed by atoms with van der Waals surface area (Å²) in [5.41, 5.74) is 5.52. The van der Waals surface area contributed by atoms with Crippen LogP contribution in [0, 0.1) is 0 Å². The van der Waals surface area contributed by atoms with Gasteiger partial charge in [0.15, 0.2) is 11.5 Å². The predicted molar refractivity (Wildman–Crippen MR) is 41.0 cm³/mol. The minimum absolute atomic E-state index is 0.194. The molecule has 0 saturated carbocycles. The van der Waals surface area contributed by atoms with Crippen molar-refractivity contribution in [1.82, 2.24) is 0 Å². The zero-order valence-corrected chi connectivity index (χ0v) is 5.47. The third-order valence-corrected chi connectivity index (χ3v) is 1.36. The molecule has 56 valence electrons. The van der Waals surface area contributed by atoms with Gasteiger partial charge >= 0.3 is 0 Å². The van der Waals surface area contributed by atoms with E-state index in [4.69, 9.17) is 5.73 Å². The van der Waals surface area contributed by atoms with Crippen LogP contribution in [0.1, 0.15) is 0 Å². The highest BCUT2D eigenvalue weighted by atomic mass is 16.3. The van der Waals surface area contributed by atoms with Crippen LogP contribution in [-0.4, -0.2) is 35.2 Å². The smallest absolute Gasteiger partial charge is 0.261 e. The highest BCUT2D eigenvalue weighted by Gasteiger charge is 2.35. The Hall–Kier alpha value is -1.40. The van der Waals surface area contributed by atoms with Crippen LogP contribution < -0.4 is 5.73 Å². The summed E-state index contributed by atoms with van der Waals surface area (Å²) in [4.78, 5) is 14.7. The fourth-order valence-electron chi connectivity index (χ4n) is 0.847. The maximum Gasteiger partial charge on any atom is 0.261 e. The van der Waals surface area contributed by atoms with E-state index in [9.17, 15) is 5.11 Å². The van der Waals surface area contributed by atoms with Gasteiger partial charge < -0.3 is 5.11 Å². The minimum Gasteiger partial charge on any atom is -0.352 e. The largest absolute Gasteiger partial charge is 0.352 e. The molecule has 6 nitrogen and oxygen atoms in total. The van der Waals surface area contributed by atoms with E-state index in [-0.39, 0.29) is 5.71 Å². The lowest BCUT2D eigenvalue weighted by Gasteiger charge is -2.18. The van der Waals surface area contributed by atoms with Crippen LogP contribution in [-0.2, 0) is 0 Å². The fourth-order valence-corrected chi connectivity index (χ4v) is 0.847. The fraction of sp³-hybridized carbons (Fsp3) is 0.200. The quantitative estimate of drug-likeness (QED) is 0.413. The lowest BCUT2D eigenvalue weighted by Crippen LogP contribution is -2.50. The van der Waals surface area contributed by atoms with Crippen LogP contribution >= 0.6 is 0 Å². The van der Waals surface area contributed by atoms with Gasteiger partial charge in [0.25, 0.3) is 5.85 Å². The highest BCUT2D eigenvalue weighted by Crippen LogP contribution is 2.10. The molecule has 2 rings (SSSR count). The molecular formula is C5H5N5O. The van der Waals surface area contributed by atoms with Gasteiger partial charge in [0.2, 0.25) is 0 Å². The van der Waals surface area contributed by atoms with Crippen molar-refractivity contribution in [3.8, 4) is 0 Å². The summed E-state index contributed by atoms with van der Waals surface area (Å²) in [6.45, 7) is 0. The van der Waals surface area contributed by atoms with Crippen molar-refractivity contribution in [2.24, 2.45) is 25.7 Å². The molecule has 11 heavy (non-hydrogen) atoms. The maximum atomic E-state index is 9.33. The number of hydrogen-bond acceptors (Lipinski definition) is 6. The lowest BCUT2D eigenvalue weighted by molar-refractivity contribution is 0.132. The van der Waals surface area contributed by atoms with E-state index < -0.39 is 5.85 Å². The molecule has 6 heteroatoms. The van der Waals surface area contributed by atoms with Crippen LogP contribution in [0.4, 0.5) is 0 Å². The monoisotopic (exact) mass is 151 g/mol. The summed E-state index contributed by atoms with van der Waals surface area (Å²) in [6.07, 6.45) is 2.44. The number of hydrogen-bond donors (Lipinski definition) is 2. The molecule has 0 aromatic rings. The van der Waals surface area contributed by atoms with Crippen molar-refractivity contribution in [3.05, 3.63) is 0 Å². The number of aliphatic hydroxyl groups is 1. The van der Waals surface area contributed by atoms with Crippen LogP contribution in [0.15, 0.2) is 20.0 Å². The zero-order chi connectivity index (χ0) is 7.90. The number of rotatable bonds is 0. The van der Waals surface area contributed by atoms with Crippen LogP contribution in [0.5, 0.6) is 0 Å². The van der Waals surface area contributed by atoms with Gasteiger partial charge in [-0.1, -0.05) is 0 Å². The maximum absolute atomic E-state index is 9.33. The Morgan fingerprint density at radius 2 is 2.18 bits per heavy atom. The first kappa shape index (κ1) is 6.32. The van der Waals surface area contributed by atoms with E-state index in [0.29, 0.717) is 5.84 Å². The molecule has 0 amide bonds. The van der Waals surface area contributed by atoms with Crippen molar-refractivity contribution < 1.29 is 5.11 Å². The second kappa shape index (κ2) is 1.80. The molecule has 0 saturated heterocycles. The van der Waals surface area contributed by atoms with Crippen molar-refractivity contribution in [1.29, 1.82) is 0 Å². The van der Waals surface area contributed by atoms with Gasteiger partial charge in [-0.3, -0.25) is 5.73 Å². The van der Waals surface area contributed by atoms with E-state index >= 15 is 0 Å². The first-order valence-corrected chi connectivity index (χ1v) is 2.94. The highest BCUT2D eigenvalue weighted by molar-refractivity contribution is 6.50. The van der Waals surface area contributed by atoms with Gasteiger partial charge in [-0.25, -0.2) is 20.0 Å². The molecule has 3 N–H and O–H groups in total. The third-order valence-electron chi connectivity index (χ3n) is 1.36. The molecule has 0 fully saturated rings. The molecule has 0 aromatic heterocycles. The second-order valence-corrected chi connectivity index (χ2v) is 2.15. The Bertz CT molecular complexity index is 311. The third kappa shape index (κ3) is 0.803. The van der Waals surface area contributed by atoms with Gasteiger partial charge in [0, 0.05) is 0 Å². The summed E-state index contributed by atoms with van der Waals surface area (Å²) in [7, 11) is 0. The summed E-state index contributed by atoms with van der Waals surface area (Å²) >= 11 is 0. The average Bonchev–Trinajstić information content (AvgIpc) is 2.34. The summed E-state index contributed by atoms with van der Waals surface area (Å²) in [6, 6.07) is 0. The molecule has 2 aliphatic heterocycles. The molecular weight excluding hydrogens is 146 g/mol. The van der Waals surface area contributed by atoms with Gasteiger partial charge in [0.05, 0.1) is 0 Å². The molecule has 1 atom stereocenters. The first-order valence-electron chi connectivity index (χ1n) is 2.94. The van der Waals surface area contributed by atoms with Crippen molar-refractivity contribution >= 4 is 24.2 Å². The molecule has 0 bridgehead atoms. The Balaban J connectivity index is 2.51. The molecule has 0 aromatic carbocycles. The zero-order valence-electron chi connectivity index (χ0n) is 5.47. The van der Waals surface area contributed by atoms with Crippen molar-refractivity contribution in [2.45, 2.75) is 5.85 Å². The lowest BCUT2D eigenvalue weighted by atomic mass is 10.2. The molecule has 0 radical (unpaired) electrons. The van der Waals surface area contributed by atoms with Crippen LogP contribution in [0.3, 0.4) is 0 Å². The normalized spacial score (nSPS) is 33.3. The number of nitrogens with zero attached hydrogens (tertiary/aromatic N) is 4. The van der Waals surface area contributed by atoms with E-state index in [0.717, 1.165) is 6.34 Å². The van der Waals surface area contributed by atoms with Crippen LogP contribution in [0.25, 0.3) is 0 Å². The standard InChI is InChI=1S/C5H5N5O/c6-5(11)3-4(8-1-7-3)9-2-10-5/h1-2,11H,6H2. The molecule has 1 unspecified atom stereocenters. The molecule has 2 aliphatic rings. The number of amidine groups is 1. The Morgan fingerprint density at radius 3 is 2.91 bits per heavy atom. The van der Waals surface area contributed by atoms with Crippen LogP contribution in [0.2, 0.25) is 0 Å². The summed E-state index contributed by atoms with van der Waals surface area (Å²) < 4.78 is 0. The van der Waals surface area contributed by atoms with Gasteiger partial charge in [-0.05, 0) is 0 Å². The first-order chi connectivity index (χ1) is 5.20. The molecule has 2 heterocycles.